The molecule has 1 atom stereocenters. The summed E-state index contributed by atoms with van der Waals surface area (Å²) >= 11 is 0. The Labute approximate surface area is 344 Å². The molecule has 0 radical (unpaired) electrons. The van der Waals surface area contributed by atoms with Gasteiger partial charge in [0, 0.05) is 60.4 Å². The van der Waals surface area contributed by atoms with Crippen LogP contribution >= 0.6 is 0 Å². The van der Waals surface area contributed by atoms with Gasteiger partial charge in [0.2, 0.25) is 5.91 Å². The quantitative estimate of drug-likeness (QED) is 0.0739. The summed E-state index contributed by atoms with van der Waals surface area (Å²) in [4.78, 5) is 89.0. The van der Waals surface area contributed by atoms with Crippen molar-refractivity contribution in [2.75, 3.05) is 5.32 Å². The standard InChI is InChI=1S/C45H41N5O10/c1-25(2)60-42-32(14-17-34(41(42)55)38(52)20-28-18-36(45(58)59)50(3)24-28)21-37(51)29-8-4-26(5-9-29)19-39(53)35(22-40(47)54)49-44(57)31-12-15-33(16-13-31)48-43(56)30-10-6-27(23-46)7-11-30/h4-18,24-25,35,55H,19-22H2,1-3H3,(H2,47,54)(H,48,56)(H,49,57)(H,58,59)/t35-/m0/s1. The number of aromatic hydroxyl groups is 1. The number of carboxylic acid groups (broad SMARTS) is 1. The summed E-state index contributed by atoms with van der Waals surface area (Å²) in [7, 11) is 1.55. The molecule has 6 N–H and O–H groups in total. The number of carbonyl (C=O) groups excluding carboxylic acids is 6. The third-order valence-corrected chi connectivity index (χ3v) is 9.30. The molecule has 4 aromatic carbocycles. The maximum atomic E-state index is 13.4. The first-order valence-electron chi connectivity index (χ1n) is 18.6. The van der Waals surface area contributed by atoms with E-state index in [4.69, 9.17) is 15.7 Å². The number of benzene rings is 4. The molecule has 60 heavy (non-hydrogen) atoms. The van der Waals surface area contributed by atoms with Crippen molar-refractivity contribution in [3.8, 4) is 17.6 Å². The van der Waals surface area contributed by atoms with Crippen LogP contribution in [0.1, 0.15) is 94.4 Å². The van der Waals surface area contributed by atoms with E-state index < -0.39 is 59.6 Å². The Balaban J connectivity index is 1.22. The number of nitrogens with zero attached hydrogens (tertiary/aromatic N) is 2. The maximum absolute atomic E-state index is 13.4. The largest absolute Gasteiger partial charge is 0.504 e. The Morgan fingerprint density at radius 1 is 0.783 bits per heavy atom. The second kappa shape index (κ2) is 19.1. The van der Waals surface area contributed by atoms with Gasteiger partial charge in [-0.25, -0.2) is 4.79 Å². The van der Waals surface area contributed by atoms with E-state index in [2.05, 4.69) is 10.6 Å². The van der Waals surface area contributed by atoms with Crippen LogP contribution in [0.2, 0.25) is 0 Å². The SMILES string of the molecule is CC(C)Oc1c(CC(=O)c2ccc(CC(=O)[C@H](CC(N)=O)NC(=O)c3ccc(NC(=O)c4ccc(C#N)cc4)cc3)cc2)ccc(C(=O)Cc2cc(C(=O)O)n(C)c2)c1O. The van der Waals surface area contributed by atoms with Gasteiger partial charge in [0.15, 0.2) is 28.8 Å². The fourth-order valence-corrected chi connectivity index (χ4v) is 6.27. The van der Waals surface area contributed by atoms with Crippen LogP contribution in [0.4, 0.5) is 5.69 Å². The van der Waals surface area contributed by atoms with E-state index in [-0.39, 0.29) is 53.2 Å². The molecule has 0 unspecified atom stereocenters. The van der Waals surface area contributed by atoms with E-state index >= 15 is 0 Å². The maximum Gasteiger partial charge on any atom is 0.352 e. The monoisotopic (exact) mass is 811 g/mol. The first-order valence-corrected chi connectivity index (χ1v) is 18.6. The van der Waals surface area contributed by atoms with Crippen LogP contribution in [-0.4, -0.2) is 68.0 Å². The van der Waals surface area contributed by atoms with Gasteiger partial charge in [-0.3, -0.25) is 28.8 Å². The van der Waals surface area contributed by atoms with Gasteiger partial charge >= 0.3 is 5.97 Å². The molecule has 0 bridgehead atoms. The molecule has 0 fully saturated rings. The number of hydrogen-bond donors (Lipinski definition) is 5. The second-order valence-electron chi connectivity index (χ2n) is 14.2. The molecule has 0 spiro atoms. The van der Waals surface area contributed by atoms with E-state index in [1.807, 2.05) is 6.07 Å². The number of carbonyl (C=O) groups is 7. The number of ketones is 3. The lowest BCUT2D eigenvalue weighted by atomic mass is 9.96. The second-order valence-corrected chi connectivity index (χ2v) is 14.2. The average molecular weight is 812 g/mol. The van der Waals surface area contributed by atoms with E-state index in [0.29, 0.717) is 33.5 Å². The van der Waals surface area contributed by atoms with Gasteiger partial charge in [0.1, 0.15) is 5.69 Å². The van der Waals surface area contributed by atoms with Crippen LogP contribution in [0.3, 0.4) is 0 Å². The smallest absolute Gasteiger partial charge is 0.352 e. The first-order chi connectivity index (χ1) is 28.5. The molecule has 0 saturated heterocycles. The molecule has 1 aromatic heterocycles. The Kier molecular flexibility index (Phi) is 13.7. The number of nitrogens with one attached hydrogen (secondary N) is 2. The van der Waals surface area contributed by atoms with E-state index in [1.54, 1.807) is 33.0 Å². The van der Waals surface area contributed by atoms with Crippen LogP contribution in [-0.2, 0) is 35.9 Å². The van der Waals surface area contributed by atoms with Gasteiger partial charge in [0.05, 0.1) is 35.8 Å². The van der Waals surface area contributed by atoms with Crippen LogP contribution in [0.5, 0.6) is 11.5 Å². The van der Waals surface area contributed by atoms with Crippen molar-refractivity contribution in [3.05, 3.63) is 147 Å². The Bertz CT molecular complexity index is 2520. The average Bonchev–Trinajstić information content (AvgIpc) is 3.58. The summed E-state index contributed by atoms with van der Waals surface area (Å²) in [5.41, 5.74) is 8.16. The summed E-state index contributed by atoms with van der Waals surface area (Å²) in [6.45, 7) is 3.44. The van der Waals surface area contributed by atoms with Crippen molar-refractivity contribution in [3.63, 3.8) is 0 Å². The van der Waals surface area contributed by atoms with Gasteiger partial charge in [-0.1, -0.05) is 30.3 Å². The molecule has 15 heteroatoms. The number of aromatic nitrogens is 1. The number of phenols is 1. The molecule has 306 valence electrons. The molecule has 5 aromatic rings. The summed E-state index contributed by atoms with van der Waals surface area (Å²) < 4.78 is 7.24. The molecule has 15 nitrogen and oxygen atoms in total. The van der Waals surface area contributed by atoms with Crippen molar-refractivity contribution < 1.29 is 48.5 Å². The zero-order valence-electron chi connectivity index (χ0n) is 32.9. The number of hydrogen-bond acceptors (Lipinski definition) is 10. The fraction of sp³-hybridized carbons (Fsp3) is 0.200. The van der Waals surface area contributed by atoms with Gasteiger partial charge in [-0.15, -0.1) is 0 Å². The van der Waals surface area contributed by atoms with Crippen molar-refractivity contribution >= 4 is 46.7 Å². The molecule has 5 rings (SSSR count). The first kappa shape index (κ1) is 43.3. The lowest BCUT2D eigenvalue weighted by Crippen LogP contribution is -2.44. The number of carboxylic acids is 1. The number of anilines is 1. The molecular weight excluding hydrogens is 771 g/mol. The molecule has 0 aliphatic carbocycles. The van der Waals surface area contributed by atoms with E-state index in [1.165, 1.54) is 89.6 Å². The zero-order valence-corrected chi connectivity index (χ0v) is 32.9. The molecule has 0 aliphatic heterocycles. The zero-order chi connectivity index (χ0) is 43.7. The minimum absolute atomic E-state index is 0.00274. The number of amides is 3. The summed E-state index contributed by atoms with van der Waals surface area (Å²) in [6, 6.07) is 23.1. The number of nitrogens with two attached hydrogens (primary N) is 1. The minimum Gasteiger partial charge on any atom is -0.504 e. The summed E-state index contributed by atoms with van der Waals surface area (Å²) in [5.74, 6) is -4.87. The summed E-state index contributed by atoms with van der Waals surface area (Å²) in [6.07, 6.45) is 0.0334. The molecular formula is C45H41N5O10. The topological polar surface area (TPSA) is 248 Å². The molecule has 3 amide bonds. The third kappa shape index (κ3) is 11.0. The normalized spacial score (nSPS) is 11.2. The number of aromatic carboxylic acids is 1. The van der Waals surface area contributed by atoms with E-state index in [9.17, 15) is 43.8 Å². The number of nitriles is 1. The number of phenolic OH excluding ortho intramolecular Hbond substituents is 1. The van der Waals surface area contributed by atoms with Crippen molar-refractivity contribution in [1.29, 1.82) is 5.26 Å². The van der Waals surface area contributed by atoms with Crippen molar-refractivity contribution in [2.45, 2.75) is 51.7 Å². The Hall–Kier alpha value is -7.86. The lowest BCUT2D eigenvalue weighted by molar-refractivity contribution is -0.125. The molecule has 1 heterocycles. The number of aryl methyl sites for hydroxylation is 1. The Morgan fingerprint density at radius 2 is 1.40 bits per heavy atom. The van der Waals surface area contributed by atoms with Crippen molar-refractivity contribution in [1.82, 2.24) is 9.88 Å². The predicted octanol–water partition coefficient (Wildman–Crippen LogP) is 4.98. The highest BCUT2D eigenvalue weighted by atomic mass is 16.5. The van der Waals surface area contributed by atoms with Crippen LogP contribution in [0.15, 0.2) is 97.2 Å². The number of Topliss-reactive ketones (excluding diaryl/α,β-unsaturated/α-hetero) is 3. The van der Waals surface area contributed by atoms with Crippen LogP contribution in [0, 0.1) is 11.3 Å². The number of rotatable bonds is 18. The van der Waals surface area contributed by atoms with Gasteiger partial charge in [-0.05, 0) is 85.6 Å². The Morgan fingerprint density at radius 3 is 1.98 bits per heavy atom. The highest BCUT2D eigenvalue weighted by molar-refractivity contribution is 6.05. The highest BCUT2D eigenvalue weighted by Gasteiger charge is 2.25. The van der Waals surface area contributed by atoms with Crippen LogP contribution < -0.4 is 21.1 Å². The molecule has 0 aliphatic rings. The predicted molar refractivity (Wildman–Crippen MR) is 218 cm³/mol. The number of ether oxygens (including phenoxy) is 1. The lowest BCUT2D eigenvalue weighted by Gasteiger charge is -2.18. The third-order valence-electron chi connectivity index (χ3n) is 9.30. The highest BCUT2D eigenvalue weighted by Crippen LogP contribution is 2.36. The molecule has 0 saturated carbocycles. The van der Waals surface area contributed by atoms with E-state index in [0.717, 1.165) is 0 Å². The van der Waals surface area contributed by atoms with Gasteiger partial charge < -0.3 is 35.9 Å². The van der Waals surface area contributed by atoms with Crippen molar-refractivity contribution in [2.24, 2.45) is 12.8 Å². The number of primary amides is 1. The fourth-order valence-electron chi connectivity index (χ4n) is 6.27. The van der Waals surface area contributed by atoms with Gasteiger partial charge in [-0.2, -0.15) is 5.26 Å². The summed E-state index contributed by atoms with van der Waals surface area (Å²) in [5, 5.41) is 34.7. The minimum atomic E-state index is -1.26. The van der Waals surface area contributed by atoms with Crippen LogP contribution in [0.25, 0.3) is 0 Å². The van der Waals surface area contributed by atoms with Gasteiger partial charge in [0.25, 0.3) is 11.8 Å².